The van der Waals surface area contributed by atoms with Gasteiger partial charge in [-0.05, 0) is 28.0 Å². The minimum atomic E-state index is -1.01. The Morgan fingerprint density at radius 2 is 2.11 bits per heavy atom. The van der Waals surface area contributed by atoms with E-state index in [0.29, 0.717) is 6.73 Å². The van der Waals surface area contributed by atoms with Crippen molar-refractivity contribution < 1.29 is 4.74 Å². The average molecular weight is 328 g/mol. The van der Waals surface area contributed by atoms with Crippen LogP contribution in [0.2, 0.25) is 25.7 Å². The topological polar surface area (TPSA) is 39.9 Å². The number of pyridine rings is 1. The van der Waals surface area contributed by atoms with Crippen LogP contribution in [0, 0.1) is 0 Å². The van der Waals surface area contributed by atoms with Crippen LogP contribution < -0.4 is 0 Å². The Morgan fingerprint density at radius 3 is 2.83 bits per heavy atom. The third-order valence-electron chi connectivity index (χ3n) is 2.68. The molecule has 0 saturated heterocycles. The van der Waals surface area contributed by atoms with Crippen molar-refractivity contribution in [2.24, 2.45) is 0 Å². The molecule has 0 fully saturated rings. The summed E-state index contributed by atoms with van der Waals surface area (Å²) in [4.78, 5) is 8.66. The molecular weight excluding hydrogens is 310 g/mol. The molecule has 2 rings (SSSR count). The quantitative estimate of drug-likeness (QED) is 0.623. The third-order valence-corrected chi connectivity index (χ3v) is 5.02. The predicted molar refractivity (Wildman–Crippen MR) is 79.3 cm³/mol. The van der Waals surface area contributed by atoms with E-state index in [1.54, 1.807) is 12.5 Å². The van der Waals surface area contributed by atoms with Gasteiger partial charge in [0, 0.05) is 25.4 Å². The van der Waals surface area contributed by atoms with E-state index in [-0.39, 0.29) is 0 Å². The first-order chi connectivity index (χ1) is 8.47. The first-order valence-corrected chi connectivity index (χ1v) is 10.5. The van der Waals surface area contributed by atoms with Crippen molar-refractivity contribution in [3.05, 3.63) is 23.1 Å². The maximum Gasteiger partial charge on any atom is 0.162 e. The van der Waals surface area contributed by atoms with Gasteiger partial charge in [0.05, 0.1) is 6.33 Å². The fourth-order valence-corrected chi connectivity index (χ4v) is 2.72. The Labute approximate surface area is 117 Å². The van der Waals surface area contributed by atoms with Crippen LogP contribution >= 0.6 is 15.9 Å². The summed E-state index contributed by atoms with van der Waals surface area (Å²) in [5, 5.41) is 0. The lowest BCUT2D eigenvalue weighted by Gasteiger charge is -2.15. The smallest absolute Gasteiger partial charge is 0.162 e. The summed E-state index contributed by atoms with van der Waals surface area (Å²) in [7, 11) is -1.01. The van der Waals surface area contributed by atoms with Gasteiger partial charge in [0.1, 0.15) is 12.2 Å². The standard InChI is InChI=1S/C12H18BrN3OSi/c1-18(2,3)7-6-17-9-16-8-15-11-10(13)4-5-14-12(11)16/h4-5,8H,6-7,9H2,1-3H3. The van der Waals surface area contributed by atoms with Gasteiger partial charge in [-0.1, -0.05) is 19.6 Å². The van der Waals surface area contributed by atoms with Gasteiger partial charge in [-0.25, -0.2) is 9.97 Å². The number of imidazole rings is 1. The number of rotatable bonds is 5. The average Bonchev–Trinajstić information content (AvgIpc) is 2.68. The summed E-state index contributed by atoms with van der Waals surface area (Å²) < 4.78 is 8.61. The van der Waals surface area contributed by atoms with Gasteiger partial charge in [0.15, 0.2) is 5.65 Å². The van der Waals surface area contributed by atoms with Crippen LogP contribution in [0.5, 0.6) is 0 Å². The van der Waals surface area contributed by atoms with Crippen molar-refractivity contribution >= 4 is 35.2 Å². The molecule has 2 heterocycles. The van der Waals surface area contributed by atoms with Crippen LogP contribution in [0.4, 0.5) is 0 Å². The molecule has 0 saturated carbocycles. The molecule has 6 heteroatoms. The molecule has 2 aromatic rings. The zero-order chi connectivity index (χ0) is 13.2. The van der Waals surface area contributed by atoms with E-state index in [0.717, 1.165) is 22.2 Å². The van der Waals surface area contributed by atoms with Gasteiger partial charge >= 0.3 is 0 Å². The molecule has 0 amide bonds. The summed E-state index contributed by atoms with van der Waals surface area (Å²) in [6, 6.07) is 3.07. The van der Waals surface area contributed by atoms with Crippen molar-refractivity contribution in [2.75, 3.05) is 6.61 Å². The summed E-state index contributed by atoms with van der Waals surface area (Å²) in [5.41, 5.74) is 1.74. The molecule has 0 N–H and O–H groups in total. The SMILES string of the molecule is C[Si](C)(C)CCOCn1cnc2c(Br)ccnc21. The molecule has 0 unspecified atom stereocenters. The van der Waals surface area contributed by atoms with Crippen molar-refractivity contribution in [3.8, 4) is 0 Å². The van der Waals surface area contributed by atoms with E-state index < -0.39 is 8.07 Å². The van der Waals surface area contributed by atoms with Gasteiger partial charge in [-0.3, -0.25) is 4.57 Å². The minimum Gasteiger partial charge on any atom is -0.361 e. The summed E-state index contributed by atoms with van der Waals surface area (Å²) >= 11 is 3.47. The van der Waals surface area contributed by atoms with E-state index in [4.69, 9.17) is 4.74 Å². The van der Waals surface area contributed by atoms with Gasteiger partial charge in [0.2, 0.25) is 0 Å². The molecule has 18 heavy (non-hydrogen) atoms. The molecule has 0 aliphatic rings. The van der Waals surface area contributed by atoms with Crippen molar-refractivity contribution in [1.82, 2.24) is 14.5 Å². The second-order valence-corrected chi connectivity index (χ2v) is 12.0. The Balaban J connectivity index is 1.98. The number of ether oxygens (including phenoxy) is 1. The van der Waals surface area contributed by atoms with Gasteiger partial charge in [-0.2, -0.15) is 0 Å². The maximum absolute atomic E-state index is 5.70. The Bertz CT molecular complexity index is 536. The monoisotopic (exact) mass is 327 g/mol. The number of fused-ring (bicyclic) bond motifs is 1. The first-order valence-electron chi connectivity index (χ1n) is 6.00. The molecule has 0 aliphatic carbocycles. The fraction of sp³-hybridized carbons (Fsp3) is 0.500. The highest BCUT2D eigenvalue weighted by Crippen LogP contribution is 2.20. The summed E-state index contributed by atoms with van der Waals surface area (Å²) in [6.07, 6.45) is 3.55. The highest BCUT2D eigenvalue weighted by molar-refractivity contribution is 9.10. The second-order valence-electron chi connectivity index (χ2n) is 5.53. The molecule has 0 bridgehead atoms. The van der Waals surface area contributed by atoms with E-state index in [2.05, 4.69) is 45.5 Å². The zero-order valence-electron chi connectivity index (χ0n) is 11.0. The van der Waals surface area contributed by atoms with E-state index in [1.165, 1.54) is 6.04 Å². The molecule has 0 spiro atoms. The predicted octanol–water partition coefficient (Wildman–Crippen LogP) is 3.51. The Kier molecular flexibility index (Phi) is 4.19. The summed E-state index contributed by atoms with van der Waals surface area (Å²) in [6.45, 7) is 8.37. The highest BCUT2D eigenvalue weighted by atomic mass is 79.9. The van der Waals surface area contributed by atoms with E-state index >= 15 is 0 Å². The molecule has 0 aliphatic heterocycles. The molecular formula is C12H18BrN3OSi. The molecule has 2 aromatic heterocycles. The van der Waals surface area contributed by atoms with Crippen molar-refractivity contribution in [1.29, 1.82) is 0 Å². The van der Waals surface area contributed by atoms with Crippen LogP contribution in [-0.4, -0.2) is 29.2 Å². The van der Waals surface area contributed by atoms with Crippen LogP contribution in [0.3, 0.4) is 0 Å². The van der Waals surface area contributed by atoms with Crippen LogP contribution in [0.15, 0.2) is 23.1 Å². The van der Waals surface area contributed by atoms with E-state index in [9.17, 15) is 0 Å². The molecule has 4 nitrogen and oxygen atoms in total. The normalized spacial score (nSPS) is 12.2. The lowest BCUT2D eigenvalue weighted by molar-refractivity contribution is 0.0895. The lowest BCUT2D eigenvalue weighted by Crippen LogP contribution is -2.22. The molecule has 98 valence electrons. The van der Waals surface area contributed by atoms with Crippen LogP contribution in [-0.2, 0) is 11.5 Å². The lowest BCUT2D eigenvalue weighted by atomic mass is 10.4. The highest BCUT2D eigenvalue weighted by Gasteiger charge is 2.12. The van der Waals surface area contributed by atoms with Crippen molar-refractivity contribution in [3.63, 3.8) is 0 Å². The Hall–Kier alpha value is -0.723. The van der Waals surface area contributed by atoms with Gasteiger partial charge < -0.3 is 4.74 Å². The van der Waals surface area contributed by atoms with Gasteiger partial charge in [0.25, 0.3) is 0 Å². The number of halogens is 1. The number of hydrogen-bond donors (Lipinski definition) is 0. The van der Waals surface area contributed by atoms with Gasteiger partial charge in [-0.15, -0.1) is 0 Å². The molecule has 0 aromatic carbocycles. The second kappa shape index (κ2) is 5.50. The number of hydrogen-bond acceptors (Lipinski definition) is 3. The van der Waals surface area contributed by atoms with Crippen LogP contribution in [0.1, 0.15) is 0 Å². The largest absolute Gasteiger partial charge is 0.361 e. The minimum absolute atomic E-state index is 0.518. The van der Waals surface area contributed by atoms with E-state index in [1.807, 2.05) is 10.6 Å². The zero-order valence-corrected chi connectivity index (χ0v) is 13.6. The molecule has 0 radical (unpaired) electrons. The third kappa shape index (κ3) is 3.40. The molecule has 0 atom stereocenters. The number of nitrogens with zero attached hydrogens (tertiary/aromatic N) is 3. The maximum atomic E-state index is 5.70. The first kappa shape index (κ1) is 13.7. The van der Waals surface area contributed by atoms with Crippen molar-refractivity contribution in [2.45, 2.75) is 32.4 Å². The van der Waals surface area contributed by atoms with Crippen LogP contribution in [0.25, 0.3) is 11.2 Å². The fourth-order valence-electron chi connectivity index (χ4n) is 1.57. The summed E-state index contributed by atoms with van der Waals surface area (Å²) in [5.74, 6) is 0. The Morgan fingerprint density at radius 1 is 1.33 bits per heavy atom. The number of aromatic nitrogens is 3.